The van der Waals surface area contributed by atoms with E-state index in [2.05, 4.69) is 5.32 Å². The minimum Gasteiger partial charge on any atom is -0.492 e. The summed E-state index contributed by atoms with van der Waals surface area (Å²) in [7, 11) is 1.70. The molecule has 0 aliphatic rings. The van der Waals surface area contributed by atoms with Crippen molar-refractivity contribution >= 4 is 23.2 Å². The molecule has 0 bridgehead atoms. The van der Waals surface area contributed by atoms with Crippen LogP contribution in [-0.4, -0.2) is 36.9 Å². The van der Waals surface area contributed by atoms with Gasteiger partial charge in [-0.3, -0.25) is 9.59 Å². The van der Waals surface area contributed by atoms with E-state index in [1.807, 2.05) is 0 Å². The monoisotopic (exact) mass is 345 g/mol. The van der Waals surface area contributed by atoms with Crippen molar-refractivity contribution in [1.82, 2.24) is 4.90 Å². The van der Waals surface area contributed by atoms with Crippen LogP contribution in [0.5, 0.6) is 5.75 Å². The Kier molecular flexibility index (Phi) is 5.94. The number of rotatable bonds is 6. The molecule has 0 spiro atoms. The summed E-state index contributed by atoms with van der Waals surface area (Å²) in [5.74, 6) is -0.439. The van der Waals surface area contributed by atoms with Crippen molar-refractivity contribution in [2.75, 3.05) is 31.2 Å². The third-order valence-electron chi connectivity index (χ3n) is 3.61. The number of carbonyl (C=O) groups is 2. The highest BCUT2D eigenvalue weighted by atomic mass is 19.1. The molecule has 132 valence electrons. The quantitative estimate of drug-likeness (QED) is 0.788. The second-order valence-corrected chi connectivity index (χ2v) is 5.50. The van der Waals surface area contributed by atoms with Gasteiger partial charge in [0.1, 0.15) is 18.2 Å². The molecule has 0 aliphatic carbocycles. The molecular formula is C18H20FN3O3. The van der Waals surface area contributed by atoms with Crippen LogP contribution in [0.25, 0.3) is 0 Å². The van der Waals surface area contributed by atoms with Crippen LogP contribution in [0, 0.1) is 5.82 Å². The molecule has 0 unspecified atom stereocenters. The van der Waals surface area contributed by atoms with Gasteiger partial charge in [-0.2, -0.15) is 0 Å². The number of carbonyl (C=O) groups excluding carboxylic acids is 2. The summed E-state index contributed by atoms with van der Waals surface area (Å²) in [6, 6.07) is 10.3. The van der Waals surface area contributed by atoms with Gasteiger partial charge in [0.15, 0.2) is 0 Å². The number of halogens is 1. The number of benzene rings is 2. The van der Waals surface area contributed by atoms with E-state index in [1.54, 1.807) is 36.2 Å². The van der Waals surface area contributed by atoms with E-state index >= 15 is 0 Å². The fraction of sp³-hybridized carbons (Fsp3) is 0.222. The van der Waals surface area contributed by atoms with Crippen LogP contribution < -0.4 is 15.8 Å². The molecule has 0 saturated heterocycles. The summed E-state index contributed by atoms with van der Waals surface area (Å²) in [6.45, 7) is 2.33. The smallest absolute Gasteiger partial charge is 0.257 e. The summed E-state index contributed by atoms with van der Waals surface area (Å²) in [5.41, 5.74) is 6.50. The Labute approximate surface area is 145 Å². The second kappa shape index (κ2) is 8.14. The molecule has 3 N–H and O–H groups in total. The molecule has 2 rings (SSSR count). The van der Waals surface area contributed by atoms with Crippen LogP contribution in [0.3, 0.4) is 0 Å². The molecule has 2 amide bonds. The zero-order chi connectivity index (χ0) is 18.4. The lowest BCUT2D eigenvalue weighted by Crippen LogP contribution is -2.28. The maximum Gasteiger partial charge on any atom is 0.257 e. The van der Waals surface area contributed by atoms with Gasteiger partial charge in [-0.15, -0.1) is 0 Å². The molecule has 6 nitrogen and oxygen atoms in total. The lowest BCUT2D eigenvalue weighted by molar-refractivity contribution is -0.127. The Morgan fingerprint density at radius 3 is 2.52 bits per heavy atom. The maximum absolute atomic E-state index is 13.2. The molecule has 0 fully saturated rings. The third-order valence-corrected chi connectivity index (χ3v) is 3.61. The summed E-state index contributed by atoms with van der Waals surface area (Å²) in [4.78, 5) is 24.8. The van der Waals surface area contributed by atoms with Crippen LogP contribution in [-0.2, 0) is 4.79 Å². The molecule has 2 aromatic rings. The van der Waals surface area contributed by atoms with Crippen molar-refractivity contribution in [2.45, 2.75) is 6.92 Å². The first-order valence-electron chi connectivity index (χ1n) is 7.68. The number of ether oxygens (including phenoxy) is 1. The molecule has 7 heteroatoms. The number of anilines is 2. The van der Waals surface area contributed by atoms with Crippen LogP contribution in [0.2, 0.25) is 0 Å². The van der Waals surface area contributed by atoms with Gasteiger partial charge < -0.3 is 20.7 Å². The van der Waals surface area contributed by atoms with Crippen molar-refractivity contribution in [3.05, 3.63) is 53.8 Å². The number of nitrogens with one attached hydrogen (secondary N) is 1. The lowest BCUT2D eigenvalue weighted by Gasteiger charge is -2.15. The number of likely N-dealkylation sites (N-methyl/N-ethyl adjacent to an activating group) is 1. The van der Waals surface area contributed by atoms with Gasteiger partial charge in [0.25, 0.3) is 5.91 Å². The Morgan fingerprint density at radius 2 is 1.88 bits per heavy atom. The van der Waals surface area contributed by atoms with Gasteiger partial charge in [0, 0.05) is 25.3 Å². The van der Waals surface area contributed by atoms with E-state index in [9.17, 15) is 14.0 Å². The summed E-state index contributed by atoms with van der Waals surface area (Å²) < 4.78 is 18.8. The normalized spacial score (nSPS) is 10.2. The predicted molar refractivity (Wildman–Crippen MR) is 94.0 cm³/mol. The average molecular weight is 345 g/mol. The summed E-state index contributed by atoms with van der Waals surface area (Å²) >= 11 is 0. The third kappa shape index (κ3) is 5.20. The Balaban J connectivity index is 1.92. The maximum atomic E-state index is 13.2. The number of amides is 2. The number of hydrogen-bond acceptors (Lipinski definition) is 4. The van der Waals surface area contributed by atoms with E-state index in [0.29, 0.717) is 24.6 Å². The first-order chi connectivity index (χ1) is 11.9. The Hall–Kier alpha value is -3.09. The summed E-state index contributed by atoms with van der Waals surface area (Å²) in [6.07, 6.45) is 0. The van der Waals surface area contributed by atoms with Crippen LogP contribution in [0.1, 0.15) is 17.3 Å². The minimum atomic E-state index is -0.529. The van der Waals surface area contributed by atoms with E-state index in [4.69, 9.17) is 10.5 Å². The summed E-state index contributed by atoms with van der Waals surface area (Å²) in [5, 5.41) is 2.65. The van der Waals surface area contributed by atoms with Gasteiger partial charge in [0.2, 0.25) is 5.91 Å². The molecule has 0 aliphatic heterocycles. The lowest BCUT2D eigenvalue weighted by atomic mass is 10.1. The minimum absolute atomic E-state index is 0.0294. The number of nitrogens with two attached hydrogens (primary N) is 1. The second-order valence-electron chi connectivity index (χ2n) is 5.50. The number of nitrogen functional groups attached to an aromatic ring is 1. The first kappa shape index (κ1) is 18.3. The molecule has 0 heterocycles. The fourth-order valence-electron chi connectivity index (χ4n) is 2.02. The Bertz CT molecular complexity index is 763. The van der Waals surface area contributed by atoms with Crippen LogP contribution in [0.15, 0.2) is 42.5 Å². The zero-order valence-corrected chi connectivity index (χ0v) is 14.1. The van der Waals surface area contributed by atoms with Gasteiger partial charge in [-0.05, 0) is 42.5 Å². The topological polar surface area (TPSA) is 84.7 Å². The van der Waals surface area contributed by atoms with Crippen LogP contribution in [0.4, 0.5) is 15.8 Å². The van der Waals surface area contributed by atoms with Crippen molar-refractivity contribution in [1.29, 1.82) is 0 Å². The number of hydrogen-bond donors (Lipinski definition) is 2. The highest BCUT2D eigenvalue weighted by Gasteiger charge is 2.11. The van der Waals surface area contributed by atoms with Gasteiger partial charge in [-0.1, -0.05) is 0 Å². The molecule has 25 heavy (non-hydrogen) atoms. The van der Waals surface area contributed by atoms with E-state index < -0.39 is 11.7 Å². The van der Waals surface area contributed by atoms with Crippen molar-refractivity contribution in [3.8, 4) is 5.75 Å². The van der Waals surface area contributed by atoms with E-state index in [1.165, 1.54) is 19.1 Å². The van der Waals surface area contributed by atoms with E-state index in [-0.39, 0.29) is 17.2 Å². The van der Waals surface area contributed by atoms with E-state index in [0.717, 1.165) is 6.07 Å². The highest BCUT2D eigenvalue weighted by molar-refractivity contribution is 6.07. The largest absolute Gasteiger partial charge is 0.492 e. The number of nitrogens with zero attached hydrogens (tertiary/aromatic N) is 1. The fourth-order valence-corrected chi connectivity index (χ4v) is 2.02. The molecule has 0 saturated carbocycles. The van der Waals surface area contributed by atoms with Crippen molar-refractivity contribution in [3.63, 3.8) is 0 Å². The predicted octanol–water partition coefficient (Wildman–Crippen LogP) is 2.52. The molecule has 0 atom stereocenters. The molecule has 0 aromatic heterocycles. The average Bonchev–Trinajstić information content (AvgIpc) is 2.58. The SMILES string of the molecule is CC(=O)N(C)CCOc1ccc(NC(=O)c2cc(F)ccc2N)cc1. The van der Waals surface area contributed by atoms with Crippen LogP contribution >= 0.6 is 0 Å². The van der Waals surface area contributed by atoms with Gasteiger partial charge in [-0.25, -0.2) is 4.39 Å². The Morgan fingerprint density at radius 1 is 1.20 bits per heavy atom. The van der Waals surface area contributed by atoms with Crippen molar-refractivity contribution in [2.24, 2.45) is 0 Å². The van der Waals surface area contributed by atoms with Gasteiger partial charge >= 0.3 is 0 Å². The molecular weight excluding hydrogens is 325 g/mol. The standard InChI is InChI=1S/C18H20FN3O3/c1-12(23)22(2)9-10-25-15-6-4-14(5-7-15)21-18(24)16-11-13(19)3-8-17(16)20/h3-8,11H,9-10,20H2,1-2H3,(H,21,24). The van der Waals surface area contributed by atoms with Crippen molar-refractivity contribution < 1.29 is 18.7 Å². The first-order valence-corrected chi connectivity index (χ1v) is 7.68. The molecule has 2 aromatic carbocycles. The van der Waals surface area contributed by atoms with Gasteiger partial charge in [0.05, 0.1) is 12.1 Å². The molecule has 0 radical (unpaired) electrons. The zero-order valence-electron chi connectivity index (χ0n) is 14.1. The highest BCUT2D eigenvalue weighted by Crippen LogP contribution is 2.19.